The molecular formula is C15H24N6. The quantitative estimate of drug-likeness (QED) is 0.913. The van der Waals surface area contributed by atoms with Crippen molar-refractivity contribution in [2.75, 3.05) is 24.3 Å². The van der Waals surface area contributed by atoms with E-state index in [4.69, 9.17) is 0 Å². The number of aromatic nitrogens is 4. The topological polar surface area (TPSA) is 58.9 Å². The molecule has 2 rings (SSSR count). The summed E-state index contributed by atoms with van der Waals surface area (Å²) in [7, 11) is 3.97. The van der Waals surface area contributed by atoms with Gasteiger partial charge in [0.25, 0.3) is 0 Å². The molecule has 0 aliphatic heterocycles. The predicted octanol–water partition coefficient (Wildman–Crippen LogP) is 2.16. The Bertz CT molecular complexity index is 617. The molecule has 0 spiro atoms. The molecule has 0 saturated heterocycles. The molecule has 0 aliphatic carbocycles. The van der Waals surface area contributed by atoms with Gasteiger partial charge in [-0.05, 0) is 33.8 Å². The van der Waals surface area contributed by atoms with Crippen molar-refractivity contribution in [1.29, 1.82) is 0 Å². The highest BCUT2D eigenvalue weighted by Gasteiger charge is 2.10. The van der Waals surface area contributed by atoms with Crippen LogP contribution in [-0.2, 0) is 6.54 Å². The molecule has 2 aromatic heterocycles. The summed E-state index contributed by atoms with van der Waals surface area (Å²) in [5, 5.41) is 7.82. The molecule has 0 saturated carbocycles. The van der Waals surface area contributed by atoms with E-state index in [1.54, 1.807) is 0 Å². The first-order valence-electron chi connectivity index (χ1n) is 7.15. The van der Waals surface area contributed by atoms with Gasteiger partial charge in [-0.2, -0.15) is 10.1 Å². The van der Waals surface area contributed by atoms with Crippen LogP contribution < -0.4 is 10.2 Å². The number of nitrogens with zero attached hydrogens (tertiary/aromatic N) is 5. The Morgan fingerprint density at radius 2 is 2.00 bits per heavy atom. The molecule has 6 nitrogen and oxygen atoms in total. The Morgan fingerprint density at radius 1 is 1.29 bits per heavy atom. The van der Waals surface area contributed by atoms with Crippen LogP contribution in [0.25, 0.3) is 0 Å². The zero-order valence-corrected chi connectivity index (χ0v) is 13.7. The normalized spacial score (nSPS) is 12.3. The van der Waals surface area contributed by atoms with E-state index in [0.29, 0.717) is 5.95 Å². The minimum Gasteiger partial charge on any atom is -0.362 e. The minimum absolute atomic E-state index is 0.195. The molecule has 1 N–H and O–H groups in total. The molecule has 2 aromatic rings. The number of anilines is 2. The summed E-state index contributed by atoms with van der Waals surface area (Å²) >= 11 is 0. The van der Waals surface area contributed by atoms with Crippen molar-refractivity contribution in [3.63, 3.8) is 0 Å². The number of nitrogens with one attached hydrogen (secondary N) is 1. The van der Waals surface area contributed by atoms with Gasteiger partial charge in [0, 0.05) is 37.6 Å². The fourth-order valence-electron chi connectivity index (χ4n) is 2.34. The third-order valence-corrected chi connectivity index (χ3v) is 3.29. The Morgan fingerprint density at radius 3 is 2.57 bits per heavy atom. The van der Waals surface area contributed by atoms with E-state index in [1.165, 1.54) is 5.69 Å². The van der Waals surface area contributed by atoms with E-state index in [0.717, 1.165) is 23.6 Å². The fourth-order valence-corrected chi connectivity index (χ4v) is 2.34. The molecule has 0 amide bonds. The highest BCUT2D eigenvalue weighted by molar-refractivity contribution is 5.47. The number of rotatable bonds is 5. The Kier molecular flexibility index (Phi) is 4.45. The van der Waals surface area contributed by atoms with Gasteiger partial charge in [-0.3, -0.25) is 4.68 Å². The van der Waals surface area contributed by atoms with Crippen molar-refractivity contribution in [3.05, 3.63) is 29.2 Å². The minimum atomic E-state index is 0.195. The summed E-state index contributed by atoms with van der Waals surface area (Å²) in [5.74, 6) is 1.59. The lowest BCUT2D eigenvalue weighted by Gasteiger charge is -2.18. The first-order valence-corrected chi connectivity index (χ1v) is 7.15. The fraction of sp³-hybridized carbons (Fsp3) is 0.533. The van der Waals surface area contributed by atoms with Crippen molar-refractivity contribution in [3.8, 4) is 0 Å². The molecule has 0 aromatic carbocycles. The van der Waals surface area contributed by atoms with Crippen LogP contribution in [0.1, 0.15) is 23.9 Å². The van der Waals surface area contributed by atoms with Crippen molar-refractivity contribution in [2.24, 2.45) is 0 Å². The molecule has 2 heterocycles. The second-order valence-corrected chi connectivity index (χ2v) is 5.75. The van der Waals surface area contributed by atoms with Crippen molar-refractivity contribution in [1.82, 2.24) is 19.7 Å². The molecule has 6 heteroatoms. The molecule has 0 fully saturated rings. The van der Waals surface area contributed by atoms with Gasteiger partial charge in [0.05, 0.1) is 12.2 Å². The van der Waals surface area contributed by atoms with Crippen molar-refractivity contribution >= 4 is 11.8 Å². The summed E-state index contributed by atoms with van der Waals surface area (Å²) in [6.45, 7) is 8.98. The smallest absolute Gasteiger partial charge is 0.224 e. The van der Waals surface area contributed by atoms with Gasteiger partial charge >= 0.3 is 0 Å². The van der Waals surface area contributed by atoms with Gasteiger partial charge in [0.2, 0.25) is 5.95 Å². The van der Waals surface area contributed by atoms with Crippen LogP contribution in [0.15, 0.2) is 12.3 Å². The lowest BCUT2D eigenvalue weighted by molar-refractivity contribution is 0.543. The van der Waals surface area contributed by atoms with Gasteiger partial charge < -0.3 is 10.2 Å². The third-order valence-electron chi connectivity index (χ3n) is 3.29. The molecule has 0 aliphatic rings. The SMILES string of the molecule is Cc1cc(C)n(C[C@@H](C)Nc2ncc(C)c(N(C)C)n2)n1. The van der Waals surface area contributed by atoms with Crippen LogP contribution in [0, 0.1) is 20.8 Å². The van der Waals surface area contributed by atoms with Gasteiger partial charge in [-0.1, -0.05) is 0 Å². The summed E-state index contributed by atoms with van der Waals surface area (Å²) in [6.07, 6.45) is 1.85. The third kappa shape index (κ3) is 3.71. The molecule has 0 unspecified atom stereocenters. The van der Waals surface area contributed by atoms with Crippen LogP contribution in [-0.4, -0.2) is 39.9 Å². The number of aryl methyl sites for hydroxylation is 3. The molecule has 114 valence electrons. The van der Waals surface area contributed by atoms with E-state index < -0.39 is 0 Å². The van der Waals surface area contributed by atoms with Gasteiger partial charge in [-0.15, -0.1) is 0 Å². The van der Waals surface area contributed by atoms with E-state index in [2.05, 4.69) is 40.3 Å². The summed E-state index contributed by atoms with van der Waals surface area (Å²) in [5.41, 5.74) is 3.28. The maximum absolute atomic E-state index is 4.56. The lowest BCUT2D eigenvalue weighted by atomic mass is 10.3. The van der Waals surface area contributed by atoms with Crippen molar-refractivity contribution in [2.45, 2.75) is 40.3 Å². The van der Waals surface area contributed by atoms with Crippen LogP contribution in [0.5, 0.6) is 0 Å². The first-order chi connectivity index (χ1) is 9.86. The molecule has 21 heavy (non-hydrogen) atoms. The summed E-state index contributed by atoms with van der Waals surface area (Å²) in [6, 6.07) is 2.28. The molecular weight excluding hydrogens is 264 g/mol. The number of hydrogen-bond acceptors (Lipinski definition) is 5. The van der Waals surface area contributed by atoms with Gasteiger partial charge in [0.1, 0.15) is 5.82 Å². The second-order valence-electron chi connectivity index (χ2n) is 5.75. The molecule has 1 atom stereocenters. The zero-order valence-electron chi connectivity index (χ0n) is 13.7. The first kappa shape index (κ1) is 15.3. The van der Waals surface area contributed by atoms with Crippen molar-refractivity contribution < 1.29 is 0 Å². The number of hydrogen-bond donors (Lipinski definition) is 1. The molecule has 0 bridgehead atoms. The Balaban J connectivity index is 2.07. The van der Waals surface area contributed by atoms with Gasteiger partial charge in [-0.25, -0.2) is 4.98 Å². The largest absolute Gasteiger partial charge is 0.362 e. The van der Waals surface area contributed by atoms with E-state index in [-0.39, 0.29) is 6.04 Å². The maximum atomic E-state index is 4.56. The Labute approximate surface area is 126 Å². The zero-order chi connectivity index (χ0) is 15.6. The van der Waals surface area contributed by atoms with Gasteiger partial charge in [0.15, 0.2) is 0 Å². The lowest BCUT2D eigenvalue weighted by Crippen LogP contribution is -2.25. The standard InChI is InChI=1S/C15H24N6/c1-10-8-16-15(18-14(10)20(5)6)17-12(3)9-21-13(4)7-11(2)19-21/h7-8,12H,9H2,1-6H3,(H,16,17,18)/t12-/m1/s1. The van der Waals surface area contributed by atoms with E-state index >= 15 is 0 Å². The van der Waals surface area contributed by atoms with E-state index in [9.17, 15) is 0 Å². The maximum Gasteiger partial charge on any atom is 0.224 e. The average molecular weight is 288 g/mol. The van der Waals surface area contributed by atoms with Crippen LogP contribution >= 0.6 is 0 Å². The van der Waals surface area contributed by atoms with Crippen LogP contribution in [0.3, 0.4) is 0 Å². The van der Waals surface area contributed by atoms with Crippen LogP contribution in [0.2, 0.25) is 0 Å². The summed E-state index contributed by atoms with van der Waals surface area (Å²) < 4.78 is 2.01. The van der Waals surface area contributed by atoms with Crippen LogP contribution in [0.4, 0.5) is 11.8 Å². The predicted molar refractivity (Wildman–Crippen MR) is 85.9 cm³/mol. The highest BCUT2D eigenvalue weighted by atomic mass is 15.3. The monoisotopic (exact) mass is 288 g/mol. The highest BCUT2D eigenvalue weighted by Crippen LogP contribution is 2.15. The summed E-state index contributed by atoms with van der Waals surface area (Å²) in [4.78, 5) is 10.9. The average Bonchev–Trinajstić information content (AvgIpc) is 2.69. The second kappa shape index (κ2) is 6.11. The van der Waals surface area contributed by atoms with E-state index in [1.807, 2.05) is 43.7 Å². The molecule has 0 radical (unpaired) electrons. The Hall–Kier alpha value is -2.11.